The second-order valence-electron chi connectivity index (χ2n) is 3.78. The van der Waals surface area contributed by atoms with Crippen molar-refractivity contribution in [3.8, 4) is 0 Å². The average Bonchev–Trinajstić information content (AvgIpc) is 2.31. The van der Waals surface area contributed by atoms with Crippen LogP contribution in [0, 0.1) is 0 Å². The fraction of sp³-hybridized carbons (Fsp3) is 0.500. The van der Waals surface area contributed by atoms with E-state index in [-0.39, 0.29) is 0 Å². The second-order valence-corrected chi connectivity index (χ2v) is 4.66. The van der Waals surface area contributed by atoms with Crippen molar-refractivity contribution in [1.29, 1.82) is 0 Å². The zero-order valence-electron chi connectivity index (χ0n) is 9.03. The number of hydrogen-bond donors (Lipinski definition) is 1. The topological polar surface area (TPSA) is 21.3 Å². The van der Waals surface area contributed by atoms with E-state index in [1.807, 2.05) is 0 Å². The van der Waals surface area contributed by atoms with Gasteiger partial charge in [0.25, 0.3) is 0 Å². The molecule has 1 fully saturated rings. The second kappa shape index (κ2) is 5.54. The lowest BCUT2D eigenvalue weighted by Gasteiger charge is -2.23. The molecule has 1 aromatic rings. The monoisotopic (exact) mass is 223 g/mol. The molecule has 0 aliphatic carbocycles. The first-order valence-corrected chi connectivity index (χ1v) is 6.55. The smallest absolute Gasteiger partial charge is 0.0623 e. The van der Waals surface area contributed by atoms with Crippen LogP contribution in [0.4, 0.5) is 0 Å². The number of morpholine rings is 1. The first-order valence-electron chi connectivity index (χ1n) is 5.32. The van der Waals surface area contributed by atoms with E-state index >= 15 is 0 Å². The van der Waals surface area contributed by atoms with Gasteiger partial charge in [-0.3, -0.25) is 0 Å². The number of rotatable bonds is 3. The van der Waals surface area contributed by atoms with Crippen LogP contribution >= 0.6 is 11.8 Å². The summed E-state index contributed by atoms with van der Waals surface area (Å²) < 4.78 is 5.43. The molecule has 0 radical (unpaired) electrons. The van der Waals surface area contributed by atoms with E-state index < -0.39 is 0 Å². The van der Waals surface area contributed by atoms with E-state index in [0.717, 1.165) is 26.2 Å². The Morgan fingerprint density at radius 1 is 1.40 bits per heavy atom. The van der Waals surface area contributed by atoms with Crippen molar-refractivity contribution in [3.63, 3.8) is 0 Å². The summed E-state index contributed by atoms with van der Waals surface area (Å²) in [5.41, 5.74) is 1.39. The van der Waals surface area contributed by atoms with Crippen LogP contribution in [0.2, 0.25) is 0 Å². The highest BCUT2D eigenvalue weighted by Gasteiger charge is 2.12. The number of benzene rings is 1. The summed E-state index contributed by atoms with van der Waals surface area (Å²) in [6, 6.07) is 9.27. The molecule has 2 nitrogen and oxygen atoms in total. The number of hydrogen-bond acceptors (Lipinski definition) is 3. The summed E-state index contributed by atoms with van der Waals surface area (Å²) in [6.45, 7) is 2.67. The van der Waals surface area contributed by atoms with E-state index in [4.69, 9.17) is 4.74 Å². The molecule has 0 saturated carbocycles. The third-order valence-electron chi connectivity index (χ3n) is 2.64. The Bertz CT molecular complexity index is 293. The Kier molecular flexibility index (Phi) is 4.06. The maximum Gasteiger partial charge on any atom is 0.0623 e. The summed E-state index contributed by atoms with van der Waals surface area (Å²) in [5.74, 6) is 0. The molecule has 0 aromatic heterocycles. The number of thioether (sulfide) groups is 1. The van der Waals surface area contributed by atoms with Gasteiger partial charge in [0, 0.05) is 17.5 Å². The van der Waals surface area contributed by atoms with Crippen LogP contribution in [-0.4, -0.2) is 32.1 Å². The first-order chi connectivity index (χ1) is 7.38. The molecule has 1 atom stereocenters. The van der Waals surface area contributed by atoms with Gasteiger partial charge < -0.3 is 10.1 Å². The van der Waals surface area contributed by atoms with E-state index in [9.17, 15) is 0 Å². The van der Waals surface area contributed by atoms with Crippen LogP contribution in [0.5, 0.6) is 0 Å². The van der Waals surface area contributed by atoms with Gasteiger partial charge in [-0.2, -0.15) is 0 Å². The molecule has 0 bridgehead atoms. The predicted octanol–water partition coefficient (Wildman–Crippen LogP) is 1.94. The van der Waals surface area contributed by atoms with Crippen molar-refractivity contribution >= 4 is 11.8 Å². The number of nitrogens with one attached hydrogen (secondary N) is 1. The van der Waals surface area contributed by atoms with Crippen molar-refractivity contribution in [1.82, 2.24) is 5.32 Å². The maximum atomic E-state index is 5.43. The number of ether oxygens (including phenoxy) is 1. The molecule has 2 rings (SSSR count). The van der Waals surface area contributed by atoms with Crippen molar-refractivity contribution < 1.29 is 4.74 Å². The van der Waals surface area contributed by atoms with Crippen molar-refractivity contribution in [3.05, 3.63) is 29.8 Å². The van der Waals surface area contributed by atoms with Gasteiger partial charge in [-0.15, -0.1) is 11.8 Å². The van der Waals surface area contributed by atoms with Crippen LogP contribution in [0.15, 0.2) is 29.2 Å². The fourth-order valence-electron chi connectivity index (χ4n) is 1.80. The molecule has 1 N–H and O–H groups in total. The maximum absolute atomic E-state index is 5.43. The van der Waals surface area contributed by atoms with Crippen molar-refractivity contribution in [2.24, 2.45) is 0 Å². The van der Waals surface area contributed by atoms with Gasteiger partial charge in [0.15, 0.2) is 0 Å². The molecule has 1 unspecified atom stereocenters. The van der Waals surface area contributed by atoms with Gasteiger partial charge in [0.1, 0.15) is 0 Å². The lowest BCUT2D eigenvalue weighted by atomic mass is 10.1. The molecule has 3 heteroatoms. The molecule has 15 heavy (non-hydrogen) atoms. The van der Waals surface area contributed by atoms with E-state index in [0.29, 0.717) is 6.04 Å². The lowest BCUT2D eigenvalue weighted by molar-refractivity contribution is 0.0770. The van der Waals surface area contributed by atoms with E-state index in [1.54, 1.807) is 11.8 Å². The van der Waals surface area contributed by atoms with Crippen molar-refractivity contribution in [2.45, 2.75) is 17.4 Å². The Morgan fingerprint density at radius 3 is 2.80 bits per heavy atom. The van der Waals surface area contributed by atoms with Crippen LogP contribution in [0.1, 0.15) is 5.56 Å². The van der Waals surface area contributed by atoms with Gasteiger partial charge in [0.05, 0.1) is 13.2 Å². The summed E-state index contributed by atoms with van der Waals surface area (Å²) >= 11 is 1.78. The van der Waals surface area contributed by atoms with Crippen molar-refractivity contribution in [2.75, 3.05) is 26.0 Å². The zero-order chi connectivity index (χ0) is 10.5. The largest absolute Gasteiger partial charge is 0.379 e. The van der Waals surface area contributed by atoms with Gasteiger partial charge in [-0.05, 0) is 30.4 Å². The van der Waals surface area contributed by atoms with Gasteiger partial charge in [-0.1, -0.05) is 12.1 Å². The zero-order valence-corrected chi connectivity index (χ0v) is 9.85. The standard InChI is InChI=1S/C12H17NOS/c1-15-12-4-2-10(3-5-12)8-11-9-14-7-6-13-11/h2-5,11,13H,6-9H2,1H3. The summed E-state index contributed by atoms with van der Waals surface area (Å²) in [5, 5.41) is 3.47. The van der Waals surface area contributed by atoms with E-state index in [1.165, 1.54) is 10.5 Å². The third kappa shape index (κ3) is 3.23. The Balaban J connectivity index is 1.91. The lowest BCUT2D eigenvalue weighted by Crippen LogP contribution is -2.42. The Morgan fingerprint density at radius 2 is 2.20 bits per heavy atom. The molecule has 0 amide bonds. The molecular weight excluding hydrogens is 206 g/mol. The SMILES string of the molecule is CSc1ccc(CC2COCCN2)cc1. The minimum atomic E-state index is 0.485. The highest BCUT2D eigenvalue weighted by Crippen LogP contribution is 2.15. The fourth-order valence-corrected chi connectivity index (χ4v) is 2.21. The highest BCUT2D eigenvalue weighted by molar-refractivity contribution is 7.98. The van der Waals surface area contributed by atoms with Gasteiger partial charge >= 0.3 is 0 Å². The summed E-state index contributed by atoms with van der Waals surface area (Å²) in [7, 11) is 0. The molecule has 1 saturated heterocycles. The van der Waals surface area contributed by atoms with Gasteiger partial charge in [-0.25, -0.2) is 0 Å². The molecule has 1 aromatic carbocycles. The highest BCUT2D eigenvalue weighted by atomic mass is 32.2. The molecule has 1 aliphatic heterocycles. The average molecular weight is 223 g/mol. The van der Waals surface area contributed by atoms with Crippen LogP contribution in [-0.2, 0) is 11.2 Å². The minimum absolute atomic E-state index is 0.485. The third-order valence-corrected chi connectivity index (χ3v) is 3.38. The molecule has 1 aliphatic rings. The Hall–Kier alpha value is -0.510. The van der Waals surface area contributed by atoms with Gasteiger partial charge in [0.2, 0.25) is 0 Å². The molecule has 0 spiro atoms. The molecule has 1 heterocycles. The van der Waals surface area contributed by atoms with Crippen LogP contribution in [0.25, 0.3) is 0 Å². The quantitative estimate of drug-likeness (QED) is 0.791. The molecule has 82 valence electrons. The minimum Gasteiger partial charge on any atom is -0.379 e. The summed E-state index contributed by atoms with van der Waals surface area (Å²) in [4.78, 5) is 1.33. The molecular formula is C12H17NOS. The van der Waals surface area contributed by atoms with Crippen LogP contribution < -0.4 is 5.32 Å². The van der Waals surface area contributed by atoms with Crippen LogP contribution in [0.3, 0.4) is 0 Å². The predicted molar refractivity (Wildman–Crippen MR) is 64.5 cm³/mol. The Labute approximate surface area is 95.4 Å². The van der Waals surface area contributed by atoms with E-state index in [2.05, 4.69) is 35.8 Å². The first kappa shape index (κ1) is 11.0. The normalized spacial score (nSPS) is 21.5. The summed E-state index contributed by atoms with van der Waals surface area (Å²) in [6.07, 6.45) is 3.17.